The van der Waals surface area contributed by atoms with Crippen molar-refractivity contribution in [3.05, 3.63) is 35.4 Å². The third-order valence-corrected chi connectivity index (χ3v) is 1.89. The van der Waals surface area contributed by atoms with Crippen molar-refractivity contribution in [3.63, 3.8) is 0 Å². The Balaban J connectivity index is 2.67. The summed E-state index contributed by atoms with van der Waals surface area (Å²) in [5.41, 5.74) is 1.73. The average molecular weight is 194 g/mol. The lowest BCUT2D eigenvalue weighted by molar-refractivity contribution is -0.216. The molecule has 0 aliphatic heterocycles. The van der Waals surface area contributed by atoms with Crippen molar-refractivity contribution in [2.75, 3.05) is 7.11 Å². The van der Waals surface area contributed by atoms with Crippen molar-refractivity contribution in [1.29, 1.82) is 0 Å². The van der Waals surface area contributed by atoms with Gasteiger partial charge in [0.25, 0.3) is 0 Å². The Bertz CT molecular complexity index is 290. The average Bonchev–Trinajstić information content (AvgIpc) is 2.20. The van der Waals surface area contributed by atoms with Crippen molar-refractivity contribution in [3.8, 4) is 0 Å². The zero-order chi connectivity index (χ0) is 10.4. The van der Waals surface area contributed by atoms with Gasteiger partial charge in [-0.1, -0.05) is 25.5 Å². The Kier molecular flexibility index (Phi) is 4.13. The molecule has 0 aliphatic carbocycles. The summed E-state index contributed by atoms with van der Waals surface area (Å²) in [4.78, 5) is 19.8. The molecule has 0 radical (unpaired) electrons. The Morgan fingerprint density at radius 2 is 1.93 bits per heavy atom. The molecule has 3 nitrogen and oxygen atoms in total. The third kappa shape index (κ3) is 2.85. The van der Waals surface area contributed by atoms with Gasteiger partial charge in [-0.3, -0.25) is 4.89 Å². The molecule has 0 heterocycles. The highest BCUT2D eigenvalue weighted by atomic mass is 17.2. The molecule has 0 saturated carbocycles. The highest BCUT2D eigenvalue weighted by molar-refractivity contribution is 5.88. The second kappa shape index (κ2) is 5.40. The zero-order valence-corrected chi connectivity index (χ0v) is 8.45. The van der Waals surface area contributed by atoms with Gasteiger partial charge in [0, 0.05) is 0 Å². The molecule has 1 aromatic rings. The maximum atomic E-state index is 11.2. The summed E-state index contributed by atoms with van der Waals surface area (Å²) < 4.78 is 0. The van der Waals surface area contributed by atoms with E-state index in [1.807, 2.05) is 12.1 Å². The van der Waals surface area contributed by atoms with Crippen LogP contribution in [0.25, 0.3) is 0 Å². The lowest BCUT2D eigenvalue weighted by Gasteiger charge is -2.01. The minimum Gasteiger partial charge on any atom is -0.293 e. The van der Waals surface area contributed by atoms with Crippen LogP contribution in [0.1, 0.15) is 29.3 Å². The quantitative estimate of drug-likeness (QED) is 0.545. The highest BCUT2D eigenvalue weighted by Crippen LogP contribution is 2.07. The third-order valence-electron chi connectivity index (χ3n) is 1.89. The molecule has 1 aromatic carbocycles. The minimum atomic E-state index is -0.462. The van der Waals surface area contributed by atoms with E-state index >= 15 is 0 Å². The fourth-order valence-corrected chi connectivity index (χ4v) is 1.22. The second-order valence-corrected chi connectivity index (χ2v) is 2.98. The van der Waals surface area contributed by atoms with Crippen LogP contribution in [0.5, 0.6) is 0 Å². The predicted molar refractivity (Wildman–Crippen MR) is 52.9 cm³/mol. The van der Waals surface area contributed by atoms with Gasteiger partial charge in [-0.05, 0) is 24.1 Å². The molecule has 3 heteroatoms. The number of carbonyl (C=O) groups is 1. The SMILES string of the molecule is CCCc1ccc(C(=O)OOC)cc1. The van der Waals surface area contributed by atoms with Gasteiger partial charge in [0.05, 0.1) is 12.7 Å². The summed E-state index contributed by atoms with van der Waals surface area (Å²) >= 11 is 0. The van der Waals surface area contributed by atoms with Crippen LogP contribution < -0.4 is 0 Å². The van der Waals surface area contributed by atoms with Crippen LogP contribution in [0.15, 0.2) is 24.3 Å². The van der Waals surface area contributed by atoms with E-state index in [9.17, 15) is 4.79 Å². The fourth-order valence-electron chi connectivity index (χ4n) is 1.22. The summed E-state index contributed by atoms with van der Waals surface area (Å²) in [6.45, 7) is 2.12. The summed E-state index contributed by atoms with van der Waals surface area (Å²) in [5.74, 6) is -0.462. The van der Waals surface area contributed by atoms with E-state index in [2.05, 4.69) is 16.7 Å². The zero-order valence-electron chi connectivity index (χ0n) is 8.45. The molecule has 0 atom stereocenters. The molecular weight excluding hydrogens is 180 g/mol. The van der Waals surface area contributed by atoms with Gasteiger partial charge < -0.3 is 0 Å². The van der Waals surface area contributed by atoms with Crippen molar-refractivity contribution >= 4 is 5.97 Å². The van der Waals surface area contributed by atoms with Crippen molar-refractivity contribution < 1.29 is 14.6 Å². The van der Waals surface area contributed by atoms with Gasteiger partial charge >= 0.3 is 5.97 Å². The first-order valence-electron chi connectivity index (χ1n) is 4.62. The molecule has 0 aromatic heterocycles. The molecule has 0 unspecified atom stereocenters. The van der Waals surface area contributed by atoms with Crippen molar-refractivity contribution in [2.45, 2.75) is 19.8 Å². The molecule has 14 heavy (non-hydrogen) atoms. The number of hydrogen-bond acceptors (Lipinski definition) is 3. The Morgan fingerprint density at radius 3 is 2.43 bits per heavy atom. The molecule has 0 amide bonds. The number of rotatable bonds is 4. The standard InChI is InChI=1S/C11H14O3/c1-3-4-9-5-7-10(8-6-9)11(12)14-13-2/h5-8H,3-4H2,1-2H3. The Labute approximate surface area is 83.6 Å². The molecule has 1 rings (SSSR count). The van der Waals surface area contributed by atoms with Crippen LogP contribution in [0, 0.1) is 0 Å². The smallest absolute Gasteiger partial charge is 0.293 e. The van der Waals surface area contributed by atoms with Gasteiger partial charge in [-0.25, -0.2) is 4.79 Å². The Hall–Kier alpha value is -1.35. The maximum absolute atomic E-state index is 11.2. The van der Waals surface area contributed by atoms with Gasteiger partial charge in [0.1, 0.15) is 0 Å². The van der Waals surface area contributed by atoms with Crippen LogP contribution in [0.3, 0.4) is 0 Å². The summed E-state index contributed by atoms with van der Waals surface area (Å²) in [6.07, 6.45) is 2.13. The Morgan fingerprint density at radius 1 is 1.29 bits per heavy atom. The maximum Gasteiger partial charge on any atom is 0.373 e. The van der Waals surface area contributed by atoms with Crippen molar-refractivity contribution in [1.82, 2.24) is 0 Å². The van der Waals surface area contributed by atoms with Crippen LogP contribution in [-0.2, 0) is 16.2 Å². The number of carbonyl (C=O) groups excluding carboxylic acids is 1. The van der Waals surface area contributed by atoms with E-state index in [0.717, 1.165) is 12.8 Å². The fraction of sp³-hybridized carbons (Fsp3) is 0.364. The molecule has 76 valence electrons. The molecule has 0 aliphatic rings. The van der Waals surface area contributed by atoms with Gasteiger partial charge in [-0.15, -0.1) is 0 Å². The topological polar surface area (TPSA) is 35.5 Å². The number of aryl methyl sites for hydroxylation is 1. The molecule has 0 saturated heterocycles. The van der Waals surface area contributed by atoms with Gasteiger partial charge in [0.15, 0.2) is 0 Å². The lowest BCUT2D eigenvalue weighted by Crippen LogP contribution is -2.03. The summed E-state index contributed by atoms with van der Waals surface area (Å²) in [5, 5.41) is 0. The lowest BCUT2D eigenvalue weighted by atomic mass is 10.1. The molecule has 0 spiro atoms. The second-order valence-electron chi connectivity index (χ2n) is 2.98. The van der Waals surface area contributed by atoms with E-state index in [1.165, 1.54) is 12.7 Å². The molecule has 0 fully saturated rings. The first-order chi connectivity index (χ1) is 6.77. The van der Waals surface area contributed by atoms with E-state index in [0.29, 0.717) is 5.56 Å². The van der Waals surface area contributed by atoms with Gasteiger partial charge in [0.2, 0.25) is 0 Å². The van der Waals surface area contributed by atoms with Crippen LogP contribution in [0.2, 0.25) is 0 Å². The molecular formula is C11H14O3. The summed E-state index contributed by atoms with van der Waals surface area (Å²) in [6, 6.07) is 7.34. The van der Waals surface area contributed by atoms with E-state index in [-0.39, 0.29) is 0 Å². The first-order valence-corrected chi connectivity index (χ1v) is 4.62. The highest BCUT2D eigenvalue weighted by Gasteiger charge is 2.06. The van der Waals surface area contributed by atoms with Crippen LogP contribution in [0.4, 0.5) is 0 Å². The van der Waals surface area contributed by atoms with E-state index in [4.69, 9.17) is 0 Å². The van der Waals surface area contributed by atoms with Crippen LogP contribution >= 0.6 is 0 Å². The summed E-state index contributed by atoms with van der Waals surface area (Å²) in [7, 11) is 1.31. The van der Waals surface area contributed by atoms with E-state index < -0.39 is 5.97 Å². The monoisotopic (exact) mass is 194 g/mol. The van der Waals surface area contributed by atoms with Crippen LogP contribution in [-0.4, -0.2) is 13.1 Å². The first kappa shape index (κ1) is 10.7. The normalized spacial score (nSPS) is 9.86. The van der Waals surface area contributed by atoms with Gasteiger partial charge in [-0.2, -0.15) is 4.89 Å². The molecule has 0 N–H and O–H groups in total. The predicted octanol–water partition coefficient (Wildman–Crippen LogP) is 2.36. The van der Waals surface area contributed by atoms with E-state index in [1.54, 1.807) is 12.1 Å². The largest absolute Gasteiger partial charge is 0.373 e. The van der Waals surface area contributed by atoms with Crippen molar-refractivity contribution in [2.24, 2.45) is 0 Å². The number of benzene rings is 1. The molecule has 0 bridgehead atoms. The minimum absolute atomic E-state index is 0.462. The number of hydrogen-bond donors (Lipinski definition) is 0.